The van der Waals surface area contributed by atoms with Crippen LogP contribution in [-0.2, 0) is 6.54 Å². The number of halogens is 4. The first-order chi connectivity index (χ1) is 13.4. The SMILES string of the molecule is COc1ccc(Cl)cc1NC(=S)Nc1nn(Cc2c(F)cccc2Cl)cc1Br. The maximum Gasteiger partial charge on any atom is 0.176 e. The lowest BCUT2D eigenvalue weighted by Crippen LogP contribution is -2.20. The highest BCUT2D eigenvalue weighted by Gasteiger charge is 2.13. The van der Waals surface area contributed by atoms with Gasteiger partial charge in [0.05, 0.1) is 23.8 Å². The van der Waals surface area contributed by atoms with Gasteiger partial charge in [-0.15, -0.1) is 0 Å². The minimum absolute atomic E-state index is 0.175. The molecular weight excluding hydrogens is 490 g/mol. The maximum atomic E-state index is 14.0. The van der Waals surface area contributed by atoms with Crippen LogP contribution in [0.4, 0.5) is 15.9 Å². The molecule has 0 amide bonds. The van der Waals surface area contributed by atoms with Crippen molar-refractivity contribution in [2.75, 3.05) is 17.7 Å². The molecule has 3 rings (SSSR count). The summed E-state index contributed by atoms with van der Waals surface area (Å²) in [6, 6.07) is 9.69. The fourth-order valence-corrected chi connectivity index (χ4v) is 3.46. The molecule has 0 spiro atoms. The highest BCUT2D eigenvalue weighted by atomic mass is 79.9. The van der Waals surface area contributed by atoms with Crippen LogP contribution >= 0.6 is 51.3 Å². The average Bonchev–Trinajstić information content (AvgIpc) is 2.97. The lowest BCUT2D eigenvalue weighted by molar-refractivity contribution is 0.417. The summed E-state index contributed by atoms with van der Waals surface area (Å²) in [4.78, 5) is 0. The number of nitrogens with zero attached hydrogens (tertiary/aromatic N) is 2. The molecule has 0 saturated heterocycles. The maximum absolute atomic E-state index is 14.0. The van der Waals surface area contributed by atoms with E-state index in [1.807, 2.05) is 0 Å². The predicted octanol–water partition coefficient (Wildman–Crippen LogP) is 5.96. The molecule has 0 aliphatic heterocycles. The second-order valence-corrected chi connectivity index (χ2v) is 7.75. The first kappa shape index (κ1) is 20.9. The molecule has 0 saturated carbocycles. The molecule has 2 aromatic carbocycles. The molecule has 1 heterocycles. The molecule has 10 heteroatoms. The Kier molecular flexibility index (Phi) is 6.77. The normalized spacial score (nSPS) is 10.6. The number of nitrogens with one attached hydrogen (secondary N) is 2. The Bertz CT molecular complexity index is 1010. The van der Waals surface area contributed by atoms with Crippen LogP contribution in [0.1, 0.15) is 5.56 Å². The highest BCUT2D eigenvalue weighted by molar-refractivity contribution is 9.10. The summed E-state index contributed by atoms with van der Waals surface area (Å²) in [5.41, 5.74) is 0.969. The van der Waals surface area contributed by atoms with Crippen molar-refractivity contribution in [3.63, 3.8) is 0 Å². The van der Waals surface area contributed by atoms with Crippen LogP contribution in [0.2, 0.25) is 10.0 Å². The summed E-state index contributed by atoms with van der Waals surface area (Å²) in [6.45, 7) is 0.175. The molecular formula is C18H14BrCl2FN4OS. The molecule has 3 aromatic rings. The summed E-state index contributed by atoms with van der Waals surface area (Å²) in [6.07, 6.45) is 1.70. The van der Waals surface area contributed by atoms with Crippen LogP contribution < -0.4 is 15.4 Å². The molecule has 146 valence electrons. The Morgan fingerprint density at radius 3 is 2.79 bits per heavy atom. The number of aromatic nitrogens is 2. The summed E-state index contributed by atoms with van der Waals surface area (Å²) >= 11 is 20.9. The third kappa shape index (κ3) is 4.94. The standard InChI is InChI=1S/C18H14BrCl2FN4OS/c1-27-16-6-5-10(20)7-15(16)23-18(28)24-17-12(19)9-26(25-17)8-11-13(21)3-2-4-14(11)22/h2-7,9H,8H2,1H3,(H2,23,24,25,28). The number of hydrogen-bond donors (Lipinski definition) is 2. The van der Waals surface area contributed by atoms with Gasteiger partial charge < -0.3 is 15.4 Å². The minimum atomic E-state index is -0.390. The van der Waals surface area contributed by atoms with Gasteiger partial charge in [0.15, 0.2) is 10.9 Å². The Morgan fingerprint density at radius 2 is 2.07 bits per heavy atom. The number of rotatable bonds is 5. The molecule has 0 aliphatic rings. The first-order valence-electron chi connectivity index (χ1n) is 7.94. The topological polar surface area (TPSA) is 51.1 Å². The minimum Gasteiger partial charge on any atom is -0.495 e. The van der Waals surface area contributed by atoms with Crippen molar-refractivity contribution in [2.24, 2.45) is 0 Å². The van der Waals surface area contributed by atoms with Crippen LogP contribution in [-0.4, -0.2) is 22.0 Å². The molecule has 1 aromatic heterocycles. The smallest absolute Gasteiger partial charge is 0.176 e. The first-order valence-corrected chi connectivity index (χ1v) is 9.90. The summed E-state index contributed by atoms with van der Waals surface area (Å²) < 4.78 is 21.5. The molecule has 28 heavy (non-hydrogen) atoms. The van der Waals surface area contributed by atoms with Gasteiger partial charge in [0.1, 0.15) is 11.6 Å². The van der Waals surface area contributed by atoms with Gasteiger partial charge in [0.2, 0.25) is 0 Å². The van der Waals surface area contributed by atoms with Gasteiger partial charge in [-0.25, -0.2) is 4.39 Å². The van der Waals surface area contributed by atoms with Gasteiger partial charge in [0, 0.05) is 21.8 Å². The van der Waals surface area contributed by atoms with Gasteiger partial charge in [-0.3, -0.25) is 4.68 Å². The summed E-state index contributed by atoms with van der Waals surface area (Å²) in [7, 11) is 1.55. The number of ether oxygens (including phenoxy) is 1. The lowest BCUT2D eigenvalue weighted by atomic mass is 10.2. The predicted molar refractivity (Wildman–Crippen MR) is 118 cm³/mol. The van der Waals surface area contributed by atoms with Gasteiger partial charge in [-0.1, -0.05) is 29.3 Å². The van der Waals surface area contributed by atoms with E-state index in [0.717, 1.165) is 0 Å². The van der Waals surface area contributed by atoms with Crippen molar-refractivity contribution < 1.29 is 9.13 Å². The molecule has 0 bridgehead atoms. The third-order valence-electron chi connectivity index (χ3n) is 3.74. The monoisotopic (exact) mass is 502 g/mol. The quantitative estimate of drug-likeness (QED) is 0.421. The van der Waals surface area contributed by atoms with Gasteiger partial charge in [0.25, 0.3) is 0 Å². The van der Waals surface area contributed by atoms with Crippen LogP contribution in [0.25, 0.3) is 0 Å². The van der Waals surface area contributed by atoms with E-state index in [1.165, 1.54) is 6.07 Å². The summed E-state index contributed by atoms with van der Waals surface area (Å²) in [5, 5.41) is 11.5. The van der Waals surface area contributed by atoms with Crippen molar-refractivity contribution in [2.45, 2.75) is 6.54 Å². The molecule has 5 nitrogen and oxygen atoms in total. The van der Waals surface area contributed by atoms with E-state index in [2.05, 4.69) is 31.7 Å². The van der Waals surface area contributed by atoms with E-state index in [0.29, 0.717) is 37.3 Å². The Hall–Kier alpha value is -1.87. The zero-order valence-corrected chi connectivity index (χ0v) is 18.4. The zero-order chi connectivity index (χ0) is 20.3. The molecule has 0 radical (unpaired) electrons. The number of anilines is 2. The zero-order valence-electron chi connectivity index (χ0n) is 14.5. The molecule has 2 N–H and O–H groups in total. The van der Waals surface area contributed by atoms with Crippen LogP contribution in [0.5, 0.6) is 5.75 Å². The lowest BCUT2D eigenvalue weighted by Gasteiger charge is -2.13. The van der Waals surface area contributed by atoms with Crippen molar-refractivity contribution in [1.82, 2.24) is 9.78 Å². The fraction of sp³-hybridized carbons (Fsp3) is 0.111. The van der Waals surface area contributed by atoms with Gasteiger partial charge >= 0.3 is 0 Å². The number of thiocarbonyl (C=S) groups is 1. The van der Waals surface area contributed by atoms with Crippen LogP contribution in [0.15, 0.2) is 47.1 Å². The van der Waals surface area contributed by atoms with E-state index in [-0.39, 0.29) is 17.5 Å². The van der Waals surface area contributed by atoms with E-state index in [1.54, 1.807) is 48.3 Å². The summed E-state index contributed by atoms with van der Waals surface area (Å²) in [5.74, 6) is 0.664. The van der Waals surface area contributed by atoms with Crippen molar-refractivity contribution >= 4 is 68.0 Å². The van der Waals surface area contributed by atoms with Gasteiger partial charge in [-0.05, 0) is 58.5 Å². The second-order valence-electron chi connectivity index (χ2n) is 5.65. The highest BCUT2D eigenvalue weighted by Crippen LogP contribution is 2.28. The average molecular weight is 504 g/mol. The second kappa shape index (κ2) is 9.09. The Morgan fingerprint density at radius 1 is 1.29 bits per heavy atom. The Labute approximate surface area is 184 Å². The van der Waals surface area contributed by atoms with Crippen molar-refractivity contribution in [3.05, 3.63) is 68.5 Å². The van der Waals surface area contributed by atoms with Crippen LogP contribution in [0, 0.1) is 5.82 Å². The Balaban J connectivity index is 1.73. The van der Waals surface area contributed by atoms with E-state index < -0.39 is 0 Å². The molecule has 0 aliphatic carbocycles. The van der Waals surface area contributed by atoms with Crippen LogP contribution in [0.3, 0.4) is 0 Å². The van der Waals surface area contributed by atoms with E-state index >= 15 is 0 Å². The third-order valence-corrected chi connectivity index (χ3v) is 5.11. The van der Waals surface area contributed by atoms with Crippen molar-refractivity contribution in [3.8, 4) is 5.75 Å². The van der Waals surface area contributed by atoms with Crippen molar-refractivity contribution in [1.29, 1.82) is 0 Å². The largest absolute Gasteiger partial charge is 0.495 e. The number of hydrogen-bond acceptors (Lipinski definition) is 3. The molecule has 0 atom stereocenters. The fourth-order valence-electron chi connectivity index (χ4n) is 2.45. The van der Waals surface area contributed by atoms with E-state index in [4.69, 9.17) is 40.2 Å². The van der Waals surface area contributed by atoms with E-state index in [9.17, 15) is 4.39 Å². The molecule has 0 unspecified atom stereocenters. The number of methoxy groups -OCH3 is 1. The number of benzene rings is 2. The van der Waals surface area contributed by atoms with Gasteiger partial charge in [-0.2, -0.15) is 5.10 Å². The molecule has 0 fully saturated rings.